The van der Waals surface area contributed by atoms with E-state index in [-0.39, 0.29) is 5.91 Å². The number of rotatable bonds is 5. The van der Waals surface area contributed by atoms with Crippen molar-refractivity contribution in [2.45, 2.75) is 43.2 Å². The van der Waals surface area contributed by atoms with Crippen molar-refractivity contribution >= 4 is 29.3 Å². The summed E-state index contributed by atoms with van der Waals surface area (Å²) in [6, 6.07) is 8.41. The van der Waals surface area contributed by atoms with E-state index in [9.17, 15) is 4.79 Å². The number of benzene rings is 1. The Morgan fingerprint density at radius 1 is 1.24 bits per heavy atom. The molecule has 2 aliphatic heterocycles. The fourth-order valence-corrected chi connectivity index (χ4v) is 4.57. The van der Waals surface area contributed by atoms with Gasteiger partial charge in [-0.3, -0.25) is 9.69 Å². The predicted octanol–water partition coefficient (Wildman–Crippen LogP) is 3.53. The molecule has 2 fully saturated rings. The number of nitrogens with zero attached hydrogens (tertiary/aromatic N) is 2. The maximum atomic E-state index is 12.4. The Balaban J connectivity index is 1.37. The van der Waals surface area contributed by atoms with Crippen molar-refractivity contribution in [3.63, 3.8) is 0 Å². The normalized spacial score (nSPS) is 23.0. The number of likely N-dealkylation sites (tertiary alicyclic amines) is 1. The number of carbonyl (C=O) groups is 1. The van der Waals surface area contributed by atoms with Crippen LogP contribution >= 0.6 is 23.4 Å². The lowest BCUT2D eigenvalue weighted by molar-refractivity contribution is -0.132. The van der Waals surface area contributed by atoms with Crippen LogP contribution in [0.1, 0.15) is 26.2 Å². The van der Waals surface area contributed by atoms with Crippen molar-refractivity contribution in [3.05, 3.63) is 29.3 Å². The standard InChI is InChI=1S/C19H27ClN2O2S/c1-15-14-22(11-12-24-15)17-6-9-21(10-7-17)19(23)8-13-25-18-4-2-16(20)3-5-18/h2-5,15,17H,6-14H2,1H3. The molecule has 1 atom stereocenters. The van der Waals surface area contributed by atoms with Crippen LogP contribution in [-0.4, -0.2) is 66.4 Å². The topological polar surface area (TPSA) is 32.8 Å². The summed E-state index contributed by atoms with van der Waals surface area (Å²) in [7, 11) is 0. The summed E-state index contributed by atoms with van der Waals surface area (Å²) in [6.45, 7) is 6.81. The van der Waals surface area contributed by atoms with Gasteiger partial charge in [0.25, 0.3) is 0 Å². The van der Waals surface area contributed by atoms with Crippen molar-refractivity contribution in [2.24, 2.45) is 0 Å². The highest BCUT2D eigenvalue weighted by atomic mass is 35.5. The smallest absolute Gasteiger partial charge is 0.223 e. The Morgan fingerprint density at radius 3 is 2.64 bits per heavy atom. The van der Waals surface area contributed by atoms with Crippen LogP contribution in [0.3, 0.4) is 0 Å². The third kappa shape index (κ3) is 5.61. The van der Waals surface area contributed by atoms with E-state index in [2.05, 4.69) is 11.8 Å². The second kappa shape index (κ2) is 9.26. The molecule has 0 radical (unpaired) electrons. The summed E-state index contributed by atoms with van der Waals surface area (Å²) < 4.78 is 5.63. The zero-order chi connectivity index (χ0) is 17.6. The zero-order valence-corrected chi connectivity index (χ0v) is 16.4. The molecule has 4 nitrogen and oxygen atoms in total. The molecular weight excluding hydrogens is 356 g/mol. The van der Waals surface area contributed by atoms with Crippen LogP contribution in [0.25, 0.3) is 0 Å². The minimum atomic E-state index is 0.287. The number of hydrogen-bond donors (Lipinski definition) is 0. The van der Waals surface area contributed by atoms with E-state index in [0.29, 0.717) is 18.6 Å². The van der Waals surface area contributed by atoms with Crippen molar-refractivity contribution in [3.8, 4) is 0 Å². The average molecular weight is 383 g/mol. The van der Waals surface area contributed by atoms with Crippen LogP contribution in [0.2, 0.25) is 5.02 Å². The molecule has 1 aromatic carbocycles. The first-order valence-corrected chi connectivity index (χ1v) is 10.5. The summed E-state index contributed by atoms with van der Waals surface area (Å²) >= 11 is 7.61. The molecule has 3 rings (SSSR count). The number of halogens is 1. The fourth-order valence-electron chi connectivity index (χ4n) is 3.60. The number of thioether (sulfide) groups is 1. The van der Waals surface area contributed by atoms with Gasteiger partial charge in [-0.2, -0.15) is 0 Å². The number of hydrogen-bond acceptors (Lipinski definition) is 4. The molecule has 0 spiro atoms. The maximum absolute atomic E-state index is 12.4. The minimum absolute atomic E-state index is 0.287. The van der Waals surface area contributed by atoms with Crippen LogP contribution in [0.4, 0.5) is 0 Å². The highest BCUT2D eigenvalue weighted by molar-refractivity contribution is 7.99. The van der Waals surface area contributed by atoms with E-state index >= 15 is 0 Å². The molecule has 0 aliphatic carbocycles. The number of ether oxygens (including phenoxy) is 1. The van der Waals surface area contributed by atoms with Gasteiger partial charge in [-0.25, -0.2) is 0 Å². The molecule has 2 saturated heterocycles. The summed E-state index contributed by atoms with van der Waals surface area (Å²) in [4.78, 5) is 18.2. The highest BCUT2D eigenvalue weighted by Gasteiger charge is 2.29. The van der Waals surface area contributed by atoms with Gasteiger partial charge in [-0.05, 0) is 44.0 Å². The molecule has 0 bridgehead atoms. The van der Waals surface area contributed by atoms with E-state index < -0.39 is 0 Å². The van der Waals surface area contributed by atoms with E-state index in [4.69, 9.17) is 16.3 Å². The fraction of sp³-hybridized carbons (Fsp3) is 0.632. The van der Waals surface area contributed by atoms with Gasteiger partial charge in [0.05, 0.1) is 12.7 Å². The van der Waals surface area contributed by atoms with E-state index in [1.165, 1.54) is 0 Å². The van der Waals surface area contributed by atoms with Crippen LogP contribution in [0.15, 0.2) is 29.2 Å². The first kappa shape index (κ1) is 19.0. The molecular formula is C19H27ClN2O2S. The van der Waals surface area contributed by atoms with Gasteiger partial charge in [0, 0.05) is 54.3 Å². The maximum Gasteiger partial charge on any atom is 0.223 e. The van der Waals surface area contributed by atoms with Gasteiger partial charge in [0.1, 0.15) is 0 Å². The largest absolute Gasteiger partial charge is 0.376 e. The lowest BCUT2D eigenvalue weighted by Crippen LogP contribution is -2.51. The Morgan fingerprint density at radius 2 is 1.96 bits per heavy atom. The van der Waals surface area contributed by atoms with Crippen molar-refractivity contribution in [2.75, 3.05) is 38.5 Å². The number of carbonyl (C=O) groups excluding carboxylic acids is 1. The summed E-state index contributed by atoms with van der Waals surface area (Å²) in [5.41, 5.74) is 0. The Hall–Kier alpha value is -0.750. The first-order chi connectivity index (χ1) is 12.1. The Kier molecular flexibility index (Phi) is 7.05. The Labute approximate surface area is 159 Å². The third-order valence-corrected chi connectivity index (χ3v) is 6.27. The SMILES string of the molecule is CC1CN(C2CCN(C(=O)CCSc3ccc(Cl)cc3)CC2)CCO1. The molecule has 0 saturated carbocycles. The summed E-state index contributed by atoms with van der Waals surface area (Å²) in [5, 5.41) is 0.748. The van der Waals surface area contributed by atoms with Crippen LogP contribution < -0.4 is 0 Å². The number of morpholine rings is 1. The van der Waals surface area contributed by atoms with Crippen molar-refractivity contribution in [1.29, 1.82) is 0 Å². The minimum Gasteiger partial charge on any atom is -0.376 e. The van der Waals surface area contributed by atoms with E-state index in [0.717, 1.165) is 61.3 Å². The summed E-state index contributed by atoms with van der Waals surface area (Å²) in [6.07, 6.45) is 3.11. The molecule has 2 aliphatic rings. The van der Waals surface area contributed by atoms with Crippen LogP contribution in [0.5, 0.6) is 0 Å². The highest BCUT2D eigenvalue weighted by Crippen LogP contribution is 2.23. The van der Waals surface area contributed by atoms with Gasteiger partial charge >= 0.3 is 0 Å². The number of piperidine rings is 1. The zero-order valence-electron chi connectivity index (χ0n) is 14.8. The van der Waals surface area contributed by atoms with Gasteiger partial charge in [0.15, 0.2) is 0 Å². The van der Waals surface area contributed by atoms with E-state index in [1.807, 2.05) is 29.2 Å². The molecule has 0 aromatic heterocycles. The van der Waals surface area contributed by atoms with Crippen LogP contribution in [-0.2, 0) is 9.53 Å². The number of amides is 1. The molecule has 6 heteroatoms. The van der Waals surface area contributed by atoms with Crippen molar-refractivity contribution < 1.29 is 9.53 Å². The molecule has 138 valence electrons. The molecule has 1 unspecified atom stereocenters. The molecule has 1 aromatic rings. The second-order valence-electron chi connectivity index (χ2n) is 6.84. The molecule has 25 heavy (non-hydrogen) atoms. The lowest BCUT2D eigenvalue weighted by atomic mass is 10.0. The van der Waals surface area contributed by atoms with Gasteiger partial charge < -0.3 is 9.64 Å². The monoisotopic (exact) mass is 382 g/mol. The quantitative estimate of drug-likeness (QED) is 0.729. The Bertz CT molecular complexity index is 561. The molecule has 0 N–H and O–H groups in total. The van der Waals surface area contributed by atoms with Gasteiger partial charge in [0.2, 0.25) is 5.91 Å². The van der Waals surface area contributed by atoms with Crippen molar-refractivity contribution in [1.82, 2.24) is 9.80 Å². The summed E-state index contributed by atoms with van der Waals surface area (Å²) in [5.74, 6) is 1.11. The van der Waals surface area contributed by atoms with Crippen LogP contribution in [0, 0.1) is 0 Å². The lowest BCUT2D eigenvalue weighted by Gasteiger charge is -2.41. The second-order valence-corrected chi connectivity index (χ2v) is 8.45. The third-order valence-electron chi connectivity index (χ3n) is 5.00. The predicted molar refractivity (Wildman–Crippen MR) is 103 cm³/mol. The van der Waals surface area contributed by atoms with Gasteiger partial charge in [-0.1, -0.05) is 11.6 Å². The molecule has 1 amide bonds. The molecule has 2 heterocycles. The van der Waals surface area contributed by atoms with E-state index in [1.54, 1.807) is 11.8 Å². The van der Waals surface area contributed by atoms with Gasteiger partial charge in [-0.15, -0.1) is 11.8 Å². The average Bonchev–Trinajstić information content (AvgIpc) is 2.63. The first-order valence-electron chi connectivity index (χ1n) is 9.13.